The van der Waals surface area contributed by atoms with Gasteiger partial charge in [-0.05, 0) is 19.2 Å². The van der Waals surface area contributed by atoms with E-state index in [0.29, 0.717) is 25.6 Å². The number of rotatable bonds is 10. The second-order valence-electron chi connectivity index (χ2n) is 6.19. The van der Waals surface area contributed by atoms with Gasteiger partial charge in [0.05, 0.1) is 0 Å². The first kappa shape index (κ1) is 26.3. The number of amides is 1. The van der Waals surface area contributed by atoms with Gasteiger partial charge in [-0.2, -0.15) is 11.8 Å². The summed E-state index contributed by atoms with van der Waals surface area (Å²) in [5, 5.41) is 6.43. The molecule has 2 rings (SSSR count). The standard InChI is InChI=1S/C19H31N3O2S.2ClH/c1-3-22(4-2)10-11-24-18-8-6-5-7-16(18)14-21-19(23)13-17-15-25-12-9-20-17;;/h5-8,17,20H,3-4,9-15H2,1-2H3,(H,21,23);2*1H. The summed E-state index contributed by atoms with van der Waals surface area (Å²) in [5.41, 5.74) is 1.03. The molecule has 1 saturated heterocycles. The molecule has 0 radical (unpaired) electrons. The van der Waals surface area contributed by atoms with Crippen LogP contribution in [-0.2, 0) is 11.3 Å². The summed E-state index contributed by atoms with van der Waals surface area (Å²) in [6.45, 7) is 9.47. The van der Waals surface area contributed by atoms with Gasteiger partial charge in [0.1, 0.15) is 12.4 Å². The summed E-state index contributed by atoms with van der Waals surface area (Å²) in [7, 11) is 0. The van der Waals surface area contributed by atoms with E-state index in [-0.39, 0.29) is 30.7 Å². The van der Waals surface area contributed by atoms with E-state index in [2.05, 4.69) is 29.4 Å². The number of nitrogens with zero attached hydrogens (tertiary/aromatic N) is 1. The minimum absolute atomic E-state index is 0. The van der Waals surface area contributed by atoms with Crippen LogP contribution in [0, 0.1) is 0 Å². The predicted molar refractivity (Wildman–Crippen MR) is 120 cm³/mol. The molecule has 1 aromatic rings. The van der Waals surface area contributed by atoms with Gasteiger partial charge < -0.3 is 20.3 Å². The number of halogens is 2. The largest absolute Gasteiger partial charge is 0.492 e. The molecular formula is C19H33Cl2N3O2S. The molecule has 1 unspecified atom stereocenters. The highest BCUT2D eigenvalue weighted by molar-refractivity contribution is 7.99. The first-order valence-electron chi connectivity index (χ1n) is 9.23. The molecule has 0 aromatic heterocycles. The Morgan fingerprint density at radius 3 is 2.70 bits per heavy atom. The summed E-state index contributed by atoms with van der Waals surface area (Å²) in [5.74, 6) is 3.11. The number of likely N-dealkylation sites (N-methyl/N-ethyl adjacent to an activating group) is 1. The summed E-state index contributed by atoms with van der Waals surface area (Å²) in [6, 6.07) is 8.24. The van der Waals surface area contributed by atoms with Crippen molar-refractivity contribution < 1.29 is 9.53 Å². The van der Waals surface area contributed by atoms with Crippen LogP contribution in [0.4, 0.5) is 0 Å². The third kappa shape index (κ3) is 9.90. The van der Waals surface area contributed by atoms with Crippen LogP contribution >= 0.6 is 36.6 Å². The topological polar surface area (TPSA) is 53.6 Å². The minimum Gasteiger partial charge on any atom is -0.492 e. The second-order valence-corrected chi connectivity index (χ2v) is 7.34. The van der Waals surface area contributed by atoms with Gasteiger partial charge >= 0.3 is 0 Å². The van der Waals surface area contributed by atoms with Crippen LogP contribution in [-0.4, -0.2) is 61.1 Å². The van der Waals surface area contributed by atoms with Crippen LogP contribution in [0.3, 0.4) is 0 Å². The molecular weight excluding hydrogens is 405 g/mol. The van der Waals surface area contributed by atoms with Gasteiger partial charge in [-0.15, -0.1) is 24.8 Å². The Labute approximate surface area is 180 Å². The zero-order chi connectivity index (χ0) is 17.9. The number of nitrogens with one attached hydrogen (secondary N) is 2. The lowest BCUT2D eigenvalue weighted by molar-refractivity contribution is -0.121. The summed E-state index contributed by atoms with van der Waals surface area (Å²) in [4.78, 5) is 14.5. The smallest absolute Gasteiger partial charge is 0.221 e. The molecule has 27 heavy (non-hydrogen) atoms. The van der Waals surface area contributed by atoms with Crippen molar-refractivity contribution in [2.75, 3.05) is 44.3 Å². The van der Waals surface area contributed by atoms with Crippen molar-refractivity contribution in [2.24, 2.45) is 0 Å². The Bertz CT molecular complexity index is 527. The van der Waals surface area contributed by atoms with Crippen molar-refractivity contribution in [1.29, 1.82) is 0 Å². The molecule has 8 heteroatoms. The van der Waals surface area contributed by atoms with Crippen molar-refractivity contribution >= 4 is 42.5 Å². The Morgan fingerprint density at radius 2 is 2.04 bits per heavy atom. The molecule has 1 atom stereocenters. The van der Waals surface area contributed by atoms with Gasteiger partial charge in [0.2, 0.25) is 5.91 Å². The molecule has 1 heterocycles. The first-order chi connectivity index (χ1) is 12.2. The molecule has 156 valence electrons. The number of hydrogen-bond donors (Lipinski definition) is 2. The zero-order valence-corrected chi connectivity index (χ0v) is 18.7. The van der Waals surface area contributed by atoms with Gasteiger partial charge in [-0.25, -0.2) is 0 Å². The number of ether oxygens (including phenoxy) is 1. The third-order valence-corrected chi connectivity index (χ3v) is 5.57. The fourth-order valence-electron chi connectivity index (χ4n) is 2.86. The zero-order valence-electron chi connectivity index (χ0n) is 16.2. The molecule has 5 nitrogen and oxygen atoms in total. The highest BCUT2D eigenvalue weighted by atomic mass is 35.5. The van der Waals surface area contributed by atoms with E-state index < -0.39 is 0 Å². The number of carbonyl (C=O) groups excluding carboxylic acids is 1. The van der Waals surface area contributed by atoms with Gasteiger partial charge in [-0.1, -0.05) is 32.0 Å². The first-order valence-corrected chi connectivity index (χ1v) is 10.4. The normalized spacial score (nSPS) is 16.2. The maximum Gasteiger partial charge on any atom is 0.221 e. The van der Waals surface area contributed by atoms with Crippen LogP contribution in [0.15, 0.2) is 24.3 Å². The van der Waals surface area contributed by atoms with Gasteiger partial charge in [0, 0.05) is 49.2 Å². The number of thioether (sulfide) groups is 1. The fourth-order valence-corrected chi connectivity index (χ4v) is 3.80. The minimum atomic E-state index is 0. The summed E-state index contributed by atoms with van der Waals surface area (Å²) >= 11 is 1.91. The van der Waals surface area contributed by atoms with Crippen molar-refractivity contribution in [3.63, 3.8) is 0 Å². The number of benzene rings is 1. The molecule has 1 amide bonds. The van der Waals surface area contributed by atoms with Crippen molar-refractivity contribution in [3.8, 4) is 5.75 Å². The fraction of sp³-hybridized carbons (Fsp3) is 0.632. The van der Waals surface area contributed by atoms with Gasteiger partial charge in [0.25, 0.3) is 0 Å². The lowest BCUT2D eigenvalue weighted by Crippen LogP contribution is -2.41. The van der Waals surface area contributed by atoms with Crippen LogP contribution in [0.1, 0.15) is 25.8 Å². The monoisotopic (exact) mass is 437 g/mol. The van der Waals surface area contributed by atoms with E-state index >= 15 is 0 Å². The summed E-state index contributed by atoms with van der Waals surface area (Å²) in [6.07, 6.45) is 0.540. The Kier molecular flexibility index (Phi) is 14.9. The highest BCUT2D eigenvalue weighted by Gasteiger charge is 2.16. The number of hydrogen-bond acceptors (Lipinski definition) is 5. The maximum atomic E-state index is 12.2. The quantitative estimate of drug-likeness (QED) is 0.589. The molecule has 0 aliphatic carbocycles. The van der Waals surface area contributed by atoms with Crippen molar-refractivity contribution in [1.82, 2.24) is 15.5 Å². The molecule has 0 bridgehead atoms. The Morgan fingerprint density at radius 1 is 1.30 bits per heavy atom. The number of para-hydroxylation sites is 1. The van der Waals surface area contributed by atoms with E-state index in [4.69, 9.17) is 4.74 Å². The molecule has 1 fully saturated rings. The average molecular weight is 438 g/mol. The van der Waals surface area contributed by atoms with Crippen LogP contribution in [0.5, 0.6) is 5.75 Å². The van der Waals surface area contributed by atoms with E-state index in [1.165, 1.54) is 0 Å². The van der Waals surface area contributed by atoms with Crippen LogP contribution in [0.25, 0.3) is 0 Å². The van der Waals surface area contributed by atoms with Crippen molar-refractivity contribution in [2.45, 2.75) is 32.9 Å². The lowest BCUT2D eigenvalue weighted by atomic mass is 10.2. The lowest BCUT2D eigenvalue weighted by Gasteiger charge is -2.22. The summed E-state index contributed by atoms with van der Waals surface area (Å²) < 4.78 is 5.94. The molecule has 1 aromatic carbocycles. The maximum absolute atomic E-state index is 12.2. The Hall–Kier alpha value is -0.660. The predicted octanol–water partition coefficient (Wildman–Crippen LogP) is 2.96. The molecule has 2 N–H and O–H groups in total. The molecule has 0 saturated carbocycles. The third-order valence-electron chi connectivity index (χ3n) is 4.44. The highest BCUT2D eigenvalue weighted by Crippen LogP contribution is 2.18. The van der Waals surface area contributed by atoms with E-state index in [1.54, 1.807) is 0 Å². The molecule has 0 spiro atoms. The Balaban J connectivity index is 0.00000338. The van der Waals surface area contributed by atoms with Gasteiger partial charge in [-0.3, -0.25) is 4.79 Å². The van der Waals surface area contributed by atoms with Gasteiger partial charge in [0.15, 0.2) is 0 Å². The van der Waals surface area contributed by atoms with Crippen LogP contribution < -0.4 is 15.4 Å². The average Bonchev–Trinajstić information content (AvgIpc) is 2.65. The van der Waals surface area contributed by atoms with Crippen LogP contribution in [0.2, 0.25) is 0 Å². The molecule has 1 aliphatic heterocycles. The van der Waals surface area contributed by atoms with E-state index in [0.717, 1.165) is 49.0 Å². The van der Waals surface area contributed by atoms with Crippen molar-refractivity contribution in [3.05, 3.63) is 29.8 Å². The van der Waals surface area contributed by atoms with E-state index in [9.17, 15) is 4.79 Å². The SMILES string of the molecule is CCN(CC)CCOc1ccccc1CNC(=O)CC1CSCCN1.Cl.Cl. The molecule has 1 aliphatic rings. The second kappa shape index (κ2) is 15.3. The number of carbonyl (C=O) groups is 1. The van der Waals surface area contributed by atoms with E-state index in [1.807, 2.05) is 36.0 Å².